The predicted octanol–water partition coefficient (Wildman–Crippen LogP) is 4.33. The minimum Gasteiger partial charge on any atom is -0.349 e. The van der Waals surface area contributed by atoms with Crippen LogP contribution in [0.15, 0.2) is 48.5 Å². The summed E-state index contributed by atoms with van der Waals surface area (Å²) in [4.78, 5) is 12.6. The van der Waals surface area contributed by atoms with E-state index >= 15 is 0 Å². The Morgan fingerprint density at radius 1 is 1.00 bits per heavy atom. The molecule has 1 saturated carbocycles. The molecular weight excluding hydrogens is 258 g/mol. The molecule has 0 aromatic heterocycles. The van der Waals surface area contributed by atoms with E-state index in [1.165, 1.54) is 18.4 Å². The van der Waals surface area contributed by atoms with E-state index < -0.39 is 0 Å². The quantitative estimate of drug-likeness (QED) is 0.890. The third-order valence-electron chi connectivity index (χ3n) is 4.22. The van der Waals surface area contributed by atoms with Crippen molar-refractivity contribution in [3.05, 3.63) is 59.7 Å². The Morgan fingerprint density at radius 3 is 2.38 bits per heavy atom. The molecule has 0 spiro atoms. The largest absolute Gasteiger partial charge is 0.349 e. The molecule has 0 aliphatic heterocycles. The van der Waals surface area contributed by atoms with Gasteiger partial charge in [-0.15, -0.1) is 0 Å². The topological polar surface area (TPSA) is 29.1 Å². The van der Waals surface area contributed by atoms with E-state index in [9.17, 15) is 4.79 Å². The minimum atomic E-state index is 0.0538. The van der Waals surface area contributed by atoms with Crippen molar-refractivity contribution in [2.45, 2.75) is 38.6 Å². The maximum absolute atomic E-state index is 12.6. The molecule has 0 saturated heterocycles. The van der Waals surface area contributed by atoms with Gasteiger partial charge in [0.1, 0.15) is 0 Å². The molecule has 2 aromatic carbocycles. The summed E-state index contributed by atoms with van der Waals surface area (Å²) in [5, 5.41) is 3.18. The lowest BCUT2D eigenvalue weighted by molar-refractivity contribution is 0.0938. The first kappa shape index (κ1) is 13.9. The molecule has 1 fully saturated rings. The Morgan fingerprint density at radius 2 is 1.67 bits per heavy atom. The van der Waals surface area contributed by atoms with E-state index in [0.29, 0.717) is 6.04 Å². The van der Waals surface area contributed by atoms with Crippen molar-refractivity contribution < 1.29 is 4.79 Å². The van der Waals surface area contributed by atoms with Gasteiger partial charge in [-0.05, 0) is 37.0 Å². The van der Waals surface area contributed by atoms with Crippen molar-refractivity contribution >= 4 is 5.91 Å². The zero-order chi connectivity index (χ0) is 14.7. The molecule has 2 heteroatoms. The number of carbonyl (C=O) groups excluding carboxylic acids is 1. The van der Waals surface area contributed by atoms with Crippen LogP contribution >= 0.6 is 0 Å². The molecule has 2 aromatic rings. The van der Waals surface area contributed by atoms with Crippen LogP contribution in [-0.2, 0) is 0 Å². The van der Waals surface area contributed by atoms with Gasteiger partial charge in [0.2, 0.25) is 0 Å². The van der Waals surface area contributed by atoms with Crippen LogP contribution in [0, 0.1) is 6.92 Å². The summed E-state index contributed by atoms with van der Waals surface area (Å²) < 4.78 is 0. The average molecular weight is 279 g/mol. The van der Waals surface area contributed by atoms with Crippen molar-refractivity contribution in [2.24, 2.45) is 0 Å². The zero-order valence-corrected chi connectivity index (χ0v) is 12.4. The van der Waals surface area contributed by atoms with Crippen LogP contribution in [0.1, 0.15) is 41.6 Å². The highest BCUT2D eigenvalue weighted by molar-refractivity contribution is 6.01. The van der Waals surface area contributed by atoms with Gasteiger partial charge < -0.3 is 5.32 Å². The lowest BCUT2D eigenvalue weighted by atomic mass is 9.98. The minimum absolute atomic E-state index is 0.0538. The van der Waals surface area contributed by atoms with E-state index in [4.69, 9.17) is 0 Å². The van der Waals surface area contributed by atoms with E-state index in [0.717, 1.165) is 29.5 Å². The Balaban J connectivity index is 1.88. The first-order chi connectivity index (χ1) is 10.2. The summed E-state index contributed by atoms with van der Waals surface area (Å²) in [6.45, 7) is 2.07. The van der Waals surface area contributed by atoms with Crippen LogP contribution in [0.4, 0.5) is 0 Å². The molecule has 1 aliphatic rings. The van der Waals surface area contributed by atoms with Crippen molar-refractivity contribution in [1.82, 2.24) is 5.32 Å². The van der Waals surface area contributed by atoms with Gasteiger partial charge in [0.05, 0.1) is 0 Å². The van der Waals surface area contributed by atoms with Gasteiger partial charge in [0, 0.05) is 11.6 Å². The van der Waals surface area contributed by atoms with Crippen molar-refractivity contribution in [3.63, 3.8) is 0 Å². The molecular formula is C19H21NO. The molecule has 0 heterocycles. The highest BCUT2D eigenvalue weighted by atomic mass is 16.1. The van der Waals surface area contributed by atoms with Crippen molar-refractivity contribution in [3.8, 4) is 11.1 Å². The van der Waals surface area contributed by atoms with Crippen molar-refractivity contribution in [1.29, 1.82) is 0 Å². The Bertz CT molecular complexity index is 624. The second kappa shape index (κ2) is 6.13. The third kappa shape index (κ3) is 3.15. The Hall–Kier alpha value is -2.09. The standard InChI is InChI=1S/C19H21NO/c1-14-10-12-15(13-11-14)17-8-4-5-9-18(17)19(21)20-16-6-2-3-7-16/h4-5,8-13,16H,2-3,6-7H2,1H3,(H,20,21). The zero-order valence-electron chi connectivity index (χ0n) is 12.4. The molecule has 108 valence electrons. The first-order valence-electron chi connectivity index (χ1n) is 7.71. The number of hydrogen-bond donors (Lipinski definition) is 1. The van der Waals surface area contributed by atoms with Gasteiger partial charge in [-0.3, -0.25) is 4.79 Å². The normalized spacial score (nSPS) is 15.1. The lowest BCUT2D eigenvalue weighted by Gasteiger charge is -2.14. The second-order valence-electron chi connectivity index (χ2n) is 5.87. The Kier molecular flexibility index (Phi) is 4.05. The van der Waals surface area contributed by atoms with Gasteiger partial charge in [-0.1, -0.05) is 60.9 Å². The van der Waals surface area contributed by atoms with Gasteiger partial charge in [0.15, 0.2) is 0 Å². The van der Waals surface area contributed by atoms with Crippen LogP contribution in [-0.4, -0.2) is 11.9 Å². The van der Waals surface area contributed by atoms with Gasteiger partial charge >= 0.3 is 0 Å². The van der Waals surface area contributed by atoms with Gasteiger partial charge in [-0.25, -0.2) is 0 Å². The van der Waals surface area contributed by atoms with Gasteiger partial charge in [-0.2, -0.15) is 0 Å². The number of hydrogen-bond acceptors (Lipinski definition) is 1. The number of amides is 1. The van der Waals surface area contributed by atoms with Crippen LogP contribution in [0.25, 0.3) is 11.1 Å². The van der Waals surface area contributed by atoms with Crippen LogP contribution in [0.5, 0.6) is 0 Å². The average Bonchev–Trinajstić information content (AvgIpc) is 3.01. The molecule has 0 radical (unpaired) electrons. The second-order valence-corrected chi connectivity index (χ2v) is 5.87. The number of rotatable bonds is 3. The van der Waals surface area contributed by atoms with Gasteiger partial charge in [0.25, 0.3) is 5.91 Å². The van der Waals surface area contributed by atoms with Crippen molar-refractivity contribution in [2.75, 3.05) is 0 Å². The highest BCUT2D eigenvalue weighted by Gasteiger charge is 2.19. The molecule has 2 nitrogen and oxygen atoms in total. The van der Waals surface area contributed by atoms with E-state index in [1.807, 2.05) is 24.3 Å². The molecule has 0 bridgehead atoms. The maximum Gasteiger partial charge on any atom is 0.252 e. The molecule has 0 unspecified atom stereocenters. The summed E-state index contributed by atoms with van der Waals surface area (Å²) in [6, 6.07) is 16.5. The fraction of sp³-hybridized carbons (Fsp3) is 0.316. The summed E-state index contributed by atoms with van der Waals surface area (Å²) in [5.74, 6) is 0.0538. The highest BCUT2D eigenvalue weighted by Crippen LogP contribution is 2.25. The van der Waals surface area contributed by atoms with E-state index in [2.05, 4.69) is 36.5 Å². The molecule has 21 heavy (non-hydrogen) atoms. The fourth-order valence-corrected chi connectivity index (χ4v) is 3.00. The predicted molar refractivity (Wildman–Crippen MR) is 86.3 cm³/mol. The van der Waals surface area contributed by atoms with Crippen LogP contribution in [0.3, 0.4) is 0 Å². The SMILES string of the molecule is Cc1ccc(-c2ccccc2C(=O)NC2CCCC2)cc1. The van der Waals surface area contributed by atoms with E-state index in [1.54, 1.807) is 0 Å². The molecule has 1 N–H and O–H groups in total. The number of nitrogens with one attached hydrogen (secondary N) is 1. The maximum atomic E-state index is 12.6. The molecule has 3 rings (SSSR count). The number of aryl methyl sites for hydroxylation is 1. The van der Waals surface area contributed by atoms with Crippen LogP contribution < -0.4 is 5.32 Å². The third-order valence-corrected chi connectivity index (χ3v) is 4.22. The monoisotopic (exact) mass is 279 g/mol. The van der Waals surface area contributed by atoms with E-state index in [-0.39, 0.29) is 5.91 Å². The lowest BCUT2D eigenvalue weighted by Crippen LogP contribution is -2.32. The molecule has 1 aliphatic carbocycles. The van der Waals surface area contributed by atoms with Crippen LogP contribution in [0.2, 0.25) is 0 Å². The number of benzene rings is 2. The fourth-order valence-electron chi connectivity index (χ4n) is 3.00. The summed E-state index contributed by atoms with van der Waals surface area (Å²) in [5.41, 5.74) is 4.10. The first-order valence-corrected chi connectivity index (χ1v) is 7.71. The number of carbonyl (C=O) groups is 1. The summed E-state index contributed by atoms with van der Waals surface area (Å²) in [6.07, 6.45) is 4.67. The smallest absolute Gasteiger partial charge is 0.252 e. The Labute approximate surface area is 126 Å². The molecule has 0 atom stereocenters. The summed E-state index contributed by atoms with van der Waals surface area (Å²) >= 11 is 0. The summed E-state index contributed by atoms with van der Waals surface area (Å²) in [7, 11) is 0. The molecule has 1 amide bonds.